The van der Waals surface area contributed by atoms with Crippen LogP contribution in [0.3, 0.4) is 0 Å². The topological polar surface area (TPSA) is 63.8 Å². The highest BCUT2D eigenvalue weighted by Gasteiger charge is 2.18. The quantitative estimate of drug-likeness (QED) is 0.778. The van der Waals surface area contributed by atoms with E-state index >= 15 is 0 Å². The van der Waals surface area contributed by atoms with Crippen LogP contribution in [-0.4, -0.2) is 46.1 Å². The summed E-state index contributed by atoms with van der Waals surface area (Å²) in [4.78, 5) is 19.9. The first-order chi connectivity index (χ1) is 11.7. The van der Waals surface area contributed by atoms with Gasteiger partial charge in [0.1, 0.15) is 17.5 Å². The first kappa shape index (κ1) is 14.8. The number of hydrogen-bond donors (Lipinski definition) is 2. The summed E-state index contributed by atoms with van der Waals surface area (Å²) in [6, 6.07) is 8.71. The number of nitrogens with one attached hydrogen (secondary N) is 2. The van der Waals surface area contributed by atoms with E-state index in [1.54, 1.807) is 0 Å². The number of rotatable bonds is 3. The van der Waals surface area contributed by atoms with Crippen molar-refractivity contribution in [2.45, 2.75) is 13.8 Å². The molecule has 1 fully saturated rings. The van der Waals surface area contributed by atoms with Gasteiger partial charge < -0.3 is 19.8 Å². The molecule has 124 valence electrons. The standard InChI is InChI=1S/C18H22N6/c1-13-19-11-17(21-13)15-3-5-16(6-4-15)23-7-9-24(10-8-23)18-12-20-14(2)22-18/h3-6,11-12H,7-10H2,1-2H3,(H,19,21)(H,20,22). The Hall–Kier alpha value is -2.76. The monoisotopic (exact) mass is 322 g/mol. The van der Waals surface area contributed by atoms with E-state index in [0.29, 0.717) is 0 Å². The number of hydrogen-bond acceptors (Lipinski definition) is 4. The molecule has 6 heteroatoms. The molecule has 2 N–H and O–H groups in total. The van der Waals surface area contributed by atoms with Crippen molar-refractivity contribution in [2.75, 3.05) is 36.0 Å². The second-order valence-electron chi connectivity index (χ2n) is 6.26. The van der Waals surface area contributed by atoms with Crippen molar-refractivity contribution in [1.29, 1.82) is 0 Å². The summed E-state index contributed by atoms with van der Waals surface area (Å²) in [5.41, 5.74) is 3.51. The van der Waals surface area contributed by atoms with Gasteiger partial charge in [-0.15, -0.1) is 0 Å². The van der Waals surface area contributed by atoms with Crippen molar-refractivity contribution >= 4 is 11.5 Å². The molecule has 24 heavy (non-hydrogen) atoms. The normalized spacial score (nSPS) is 15.1. The molecule has 4 rings (SSSR count). The summed E-state index contributed by atoms with van der Waals surface area (Å²) in [5, 5.41) is 0. The number of aromatic nitrogens is 4. The van der Waals surface area contributed by atoms with E-state index in [0.717, 1.165) is 49.3 Å². The Balaban J connectivity index is 1.42. The van der Waals surface area contributed by atoms with Gasteiger partial charge in [-0.2, -0.15) is 0 Å². The molecular formula is C18H22N6. The Morgan fingerprint density at radius 1 is 0.792 bits per heavy atom. The fourth-order valence-corrected chi connectivity index (χ4v) is 3.19. The SMILES string of the molecule is Cc1ncc(-c2ccc(N3CCN(c4cnc(C)[nH]4)CC3)cc2)[nH]1. The van der Waals surface area contributed by atoms with Gasteiger partial charge in [0, 0.05) is 31.9 Å². The molecule has 1 aliphatic rings. The summed E-state index contributed by atoms with van der Waals surface area (Å²) in [6.45, 7) is 7.99. The van der Waals surface area contributed by atoms with Crippen molar-refractivity contribution in [2.24, 2.45) is 0 Å². The number of benzene rings is 1. The molecule has 0 atom stereocenters. The zero-order chi connectivity index (χ0) is 16.5. The molecule has 3 heterocycles. The number of nitrogens with zero attached hydrogens (tertiary/aromatic N) is 4. The van der Waals surface area contributed by atoms with E-state index in [-0.39, 0.29) is 0 Å². The summed E-state index contributed by atoms with van der Waals surface area (Å²) in [7, 11) is 0. The number of imidazole rings is 2. The summed E-state index contributed by atoms with van der Waals surface area (Å²) in [5.74, 6) is 3.04. The lowest BCUT2D eigenvalue weighted by atomic mass is 10.1. The number of H-pyrrole nitrogens is 2. The van der Waals surface area contributed by atoms with Gasteiger partial charge in [0.2, 0.25) is 0 Å². The molecule has 0 radical (unpaired) electrons. The van der Waals surface area contributed by atoms with Crippen LogP contribution in [0, 0.1) is 13.8 Å². The van der Waals surface area contributed by atoms with Crippen LogP contribution >= 0.6 is 0 Å². The highest BCUT2D eigenvalue weighted by Crippen LogP contribution is 2.23. The van der Waals surface area contributed by atoms with Crippen LogP contribution in [-0.2, 0) is 0 Å². The maximum absolute atomic E-state index is 4.29. The summed E-state index contributed by atoms with van der Waals surface area (Å²) >= 11 is 0. The minimum Gasteiger partial charge on any atom is -0.368 e. The summed E-state index contributed by atoms with van der Waals surface area (Å²) in [6.07, 6.45) is 3.81. The third-order valence-corrected chi connectivity index (χ3v) is 4.56. The Morgan fingerprint density at radius 3 is 2.00 bits per heavy atom. The van der Waals surface area contributed by atoms with Gasteiger partial charge in [-0.1, -0.05) is 12.1 Å². The van der Waals surface area contributed by atoms with Crippen molar-refractivity contribution in [3.05, 3.63) is 48.3 Å². The lowest BCUT2D eigenvalue weighted by molar-refractivity contribution is 0.648. The Morgan fingerprint density at radius 2 is 1.42 bits per heavy atom. The average Bonchev–Trinajstić information content (AvgIpc) is 3.24. The highest BCUT2D eigenvalue weighted by molar-refractivity contribution is 5.63. The predicted octanol–water partition coefficient (Wildman–Crippen LogP) is 2.74. The van der Waals surface area contributed by atoms with Gasteiger partial charge in [0.25, 0.3) is 0 Å². The second-order valence-corrected chi connectivity index (χ2v) is 6.26. The van der Waals surface area contributed by atoms with Gasteiger partial charge >= 0.3 is 0 Å². The van der Waals surface area contributed by atoms with Crippen molar-refractivity contribution in [3.8, 4) is 11.3 Å². The lowest BCUT2D eigenvalue weighted by Crippen LogP contribution is -2.46. The van der Waals surface area contributed by atoms with Crippen LogP contribution < -0.4 is 9.80 Å². The zero-order valence-corrected chi connectivity index (χ0v) is 14.1. The lowest BCUT2D eigenvalue weighted by Gasteiger charge is -2.36. The highest BCUT2D eigenvalue weighted by atomic mass is 15.3. The maximum atomic E-state index is 4.29. The fraction of sp³-hybridized carbons (Fsp3) is 0.333. The molecule has 0 bridgehead atoms. The smallest absolute Gasteiger partial charge is 0.126 e. The molecule has 2 aromatic heterocycles. The summed E-state index contributed by atoms with van der Waals surface area (Å²) < 4.78 is 0. The number of aromatic amines is 2. The number of aryl methyl sites for hydroxylation is 2. The fourth-order valence-electron chi connectivity index (χ4n) is 3.19. The predicted molar refractivity (Wildman–Crippen MR) is 96.5 cm³/mol. The molecule has 3 aromatic rings. The Kier molecular flexibility index (Phi) is 3.72. The van der Waals surface area contributed by atoms with E-state index < -0.39 is 0 Å². The van der Waals surface area contributed by atoms with Gasteiger partial charge in [-0.05, 0) is 31.5 Å². The maximum Gasteiger partial charge on any atom is 0.126 e. The molecule has 6 nitrogen and oxygen atoms in total. The third kappa shape index (κ3) is 2.87. The van der Waals surface area contributed by atoms with E-state index in [9.17, 15) is 0 Å². The molecule has 1 aromatic carbocycles. The minimum atomic E-state index is 0.944. The van der Waals surface area contributed by atoms with Gasteiger partial charge in [0.05, 0.1) is 18.1 Å². The van der Waals surface area contributed by atoms with Crippen LogP contribution in [0.4, 0.5) is 11.5 Å². The first-order valence-corrected chi connectivity index (χ1v) is 8.32. The van der Waals surface area contributed by atoms with E-state index in [1.165, 1.54) is 11.3 Å². The van der Waals surface area contributed by atoms with Gasteiger partial charge in [-0.25, -0.2) is 9.97 Å². The zero-order valence-electron chi connectivity index (χ0n) is 14.1. The molecule has 0 amide bonds. The van der Waals surface area contributed by atoms with Gasteiger partial charge in [-0.3, -0.25) is 0 Å². The van der Waals surface area contributed by atoms with E-state index in [4.69, 9.17) is 0 Å². The van der Waals surface area contributed by atoms with Crippen LogP contribution in [0.2, 0.25) is 0 Å². The molecule has 0 unspecified atom stereocenters. The second kappa shape index (κ2) is 6.03. The molecule has 1 saturated heterocycles. The van der Waals surface area contributed by atoms with Crippen molar-refractivity contribution < 1.29 is 0 Å². The molecular weight excluding hydrogens is 300 g/mol. The van der Waals surface area contributed by atoms with Gasteiger partial charge in [0.15, 0.2) is 0 Å². The van der Waals surface area contributed by atoms with Crippen LogP contribution in [0.15, 0.2) is 36.7 Å². The Bertz CT molecular complexity index is 808. The number of piperazine rings is 1. The molecule has 0 saturated carbocycles. The molecule has 0 spiro atoms. The van der Waals surface area contributed by atoms with Crippen LogP contribution in [0.1, 0.15) is 11.6 Å². The largest absolute Gasteiger partial charge is 0.368 e. The minimum absolute atomic E-state index is 0.944. The van der Waals surface area contributed by atoms with Crippen LogP contribution in [0.25, 0.3) is 11.3 Å². The van der Waals surface area contributed by atoms with Crippen molar-refractivity contribution in [1.82, 2.24) is 19.9 Å². The molecule has 0 aliphatic carbocycles. The average molecular weight is 322 g/mol. The third-order valence-electron chi connectivity index (χ3n) is 4.56. The molecule has 1 aliphatic heterocycles. The van der Waals surface area contributed by atoms with E-state index in [1.807, 2.05) is 26.2 Å². The first-order valence-electron chi connectivity index (χ1n) is 8.32. The Labute approximate surface area is 141 Å². The van der Waals surface area contributed by atoms with Crippen molar-refractivity contribution in [3.63, 3.8) is 0 Å². The van der Waals surface area contributed by atoms with E-state index in [2.05, 4.69) is 54.0 Å². The number of anilines is 2. The van der Waals surface area contributed by atoms with Crippen LogP contribution in [0.5, 0.6) is 0 Å².